The molecule has 29 heavy (non-hydrogen) atoms. The Morgan fingerprint density at radius 3 is 2.10 bits per heavy atom. The Bertz CT molecular complexity index is 1150. The molecule has 1 aromatic heterocycles. The molecule has 2 N–H and O–H groups in total. The van der Waals surface area contributed by atoms with Crippen LogP contribution in [-0.4, -0.2) is 16.2 Å². The van der Waals surface area contributed by atoms with Crippen LogP contribution in [0.25, 0.3) is 22.9 Å². The maximum absolute atomic E-state index is 12.3. The van der Waals surface area contributed by atoms with Gasteiger partial charge in [-0.05, 0) is 67.4 Å². The molecule has 0 radical (unpaired) electrons. The summed E-state index contributed by atoms with van der Waals surface area (Å²) < 4.78 is 5.79. The fraction of sp³-hybridized carbons (Fsp3) is 0.0870. The zero-order valence-corrected chi connectivity index (χ0v) is 16.1. The highest BCUT2D eigenvalue weighted by Gasteiger charge is 2.11. The molecule has 144 valence electrons. The van der Waals surface area contributed by atoms with Gasteiger partial charge in [0.2, 0.25) is 11.8 Å². The number of aryl methyl sites for hydroxylation is 2. The highest BCUT2D eigenvalue weighted by molar-refractivity contribution is 6.00. The zero-order chi connectivity index (χ0) is 20.2. The summed E-state index contributed by atoms with van der Waals surface area (Å²) in [6.07, 6.45) is 0. The summed E-state index contributed by atoms with van der Waals surface area (Å²) in [7, 11) is 0. The minimum Gasteiger partial charge on any atom is -0.416 e. The van der Waals surface area contributed by atoms with Gasteiger partial charge in [-0.3, -0.25) is 0 Å². The fourth-order valence-electron chi connectivity index (χ4n) is 2.88. The zero-order valence-electron chi connectivity index (χ0n) is 16.1. The van der Waals surface area contributed by atoms with Crippen molar-refractivity contribution in [3.05, 3.63) is 83.9 Å². The molecular weight excluding hydrogens is 364 g/mol. The average Bonchev–Trinajstić information content (AvgIpc) is 3.22. The molecule has 0 aliphatic carbocycles. The minimum atomic E-state index is -0.319. The summed E-state index contributed by atoms with van der Waals surface area (Å²) in [5.41, 5.74) is 5.25. The van der Waals surface area contributed by atoms with E-state index < -0.39 is 0 Å². The van der Waals surface area contributed by atoms with Crippen molar-refractivity contribution in [2.45, 2.75) is 13.8 Å². The van der Waals surface area contributed by atoms with Crippen molar-refractivity contribution in [3.8, 4) is 22.9 Å². The van der Waals surface area contributed by atoms with E-state index in [1.165, 1.54) is 5.56 Å². The normalized spacial score (nSPS) is 10.6. The Morgan fingerprint density at radius 1 is 0.724 bits per heavy atom. The van der Waals surface area contributed by atoms with E-state index in [0.717, 1.165) is 22.4 Å². The van der Waals surface area contributed by atoms with Crippen LogP contribution in [0.2, 0.25) is 0 Å². The number of amides is 2. The number of urea groups is 1. The third-order valence-electron chi connectivity index (χ3n) is 4.58. The van der Waals surface area contributed by atoms with E-state index in [9.17, 15) is 4.79 Å². The lowest BCUT2D eigenvalue weighted by molar-refractivity contribution is 0.262. The van der Waals surface area contributed by atoms with Crippen LogP contribution in [0.3, 0.4) is 0 Å². The number of rotatable bonds is 4. The first-order valence-corrected chi connectivity index (χ1v) is 9.23. The van der Waals surface area contributed by atoms with E-state index in [-0.39, 0.29) is 6.03 Å². The minimum absolute atomic E-state index is 0.319. The van der Waals surface area contributed by atoms with E-state index in [4.69, 9.17) is 4.42 Å². The largest absolute Gasteiger partial charge is 0.416 e. The summed E-state index contributed by atoms with van der Waals surface area (Å²) in [4.78, 5) is 12.3. The van der Waals surface area contributed by atoms with Crippen molar-refractivity contribution in [1.82, 2.24) is 10.2 Å². The van der Waals surface area contributed by atoms with Crippen LogP contribution in [0, 0.1) is 13.8 Å². The Morgan fingerprint density at radius 2 is 1.38 bits per heavy atom. The summed E-state index contributed by atoms with van der Waals surface area (Å²) in [5, 5.41) is 13.9. The summed E-state index contributed by atoms with van der Waals surface area (Å²) in [6, 6.07) is 22.3. The van der Waals surface area contributed by atoms with Crippen molar-refractivity contribution in [3.63, 3.8) is 0 Å². The Balaban J connectivity index is 1.48. The van der Waals surface area contributed by atoms with Crippen molar-refractivity contribution in [1.29, 1.82) is 0 Å². The van der Waals surface area contributed by atoms with Gasteiger partial charge in [0.1, 0.15) is 0 Å². The van der Waals surface area contributed by atoms with Gasteiger partial charge in [0.25, 0.3) is 0 Å². The van der Waals surface area contributed by atoms with Gasteiger partial charge in [-0.2, -0.15) is 0 Å². The molecule has 0 saturated carbocycles. The molecule has 6 heteroatoms. The van der Waals surface area contributed by atoms with E-state index in [1.54, 1.807) is 12.1 Å². The number of nitrogens with one attached hydrogen (secondary N) is 2. The molecule has 0 bridgehead atoms. The van der Waals surface area contributed by atoms with Gasteiger partial charge in [0.05, 0.1) is 0 Å². The molecule has 0 fully saturated rings. The van der Waals surface area contributed by atoms with Crippen molar-refractivity contribution in [2.75, 3.05) is 10.6 Å². The lowest BCUT2D eigenvalue weighted by Crippen LogP contribution is -2.19. The first-order valence-electron chi connectivity index (χ1n) is 9.23. The molecule has 3 aromatic carbocycles. The summed E-state index contributed by atoms with van der Waals surface area (Å²) in [6.45, 7) is 4.04. The molecule has 4 rings (SSSR count). The van der Waals surface area contributed by atoms with Gasteiger partial charge in [-0.1, -0.05) is 30.3 Å². The van der Waals surface area contributed by atoms with Crippen LogP contribution < -0.4 is 10.6 Å². The highest BCUT2D eigenvalue weighted by atomic mass is 16.4. The van der Waals surface area contributed by atoms with Gasteiger partial charge in [-0.15, -0.1) is 10.2 Å². The molecule has 6 nitrogen and oxygen atoms in total. The van der Waals surface area contributed by atoms with E-state index in [1.807, 2.05) is 74.5 Å². The molecule has 4 aromatic rings. The lowest BCUT2D eigenvalue weighted by Gasteiger charge is -2.09. The predicted molar refractivity (Wildman–Crippen MR) is 114 cm³/mol. The summed E-state index contributed by atoms with van der Waals surface area (Å²) in [5.74, 6) is 0.841. The van der Waals surface area contributed by atoms with Crippen molar-refractivity contribution >= 4 is 17.4 Å². The maximum atomic E-state index is 12.3. The molecule has 1 heterocycles. The van der Waals surface area contributed by atoms with Crippen molar-refractivity contribution < 1.29 is 9.21 Å². The molecule has 0 saturated heterocycles. The summed E-state index contributed by atoms with van der Waals surface area (Å²) >= 11 is 0. The Kier molecular flexibility index (Phi) is 5.07. The monoisotopic (exact) mass is 384 g/mol. The molecule has 0 spiro atoms. The number of carbonyl (C=O) groups excluding carboxylic acids is 1. The topological polar surface area (TPSA) is 80.0 Å². The van der Waals surface area contributed by atoms with Gasteiger partial charge < -0.3 is 15.1 Å². The highest BCUT2D eigenvalue weighted by Crippen LogP contribution is 2.25. The van der Waals surface area contributed by atoms with Crippen LogP contribution in [0.5, 0.6) is 0 Å². The van der Waals surface area contributed by atoms with Crippen molar-refractivity contribution in [2.24, 2.45) is 0 Å². The number of nitrogens with zero attached hydrogens (tertiary/aromatic N) is 2. The SMILES string of the molecule is Cc1ccc(NC(=O)Nc2cccc(-c3nnc(-c4ccccc4)o3)c2)cc1C. The van der Waals surface area contributed by atoms with Crippen LogP contribution >= 0.6 is 0 Å². The molecule has 0 unspecified atom stereocenters. The number of hydrogen-bond acceptors (Lipinski definition) is 4. The number of hydrogen-bond donors (Lipinski definition) is 2. The first-order chi connectivity index (χ1) is 14.1. The van der Waals surface area contributed by atoms with E-state index >= 15 is 0 Å². The third-order valence-corrected chi connectivity index (χ3v) is 4.58. The van der Waals surface area contributed by atoms with Gasteiger partial charge in [0, 0.05) is 22.5 Å². The molecule has 0 atom stereocenters. The van der Waals surface area contributed by atoms with Crippen LogP contribution in [0.15, 0.2) is 77.2 Å². The van der Waals surface area contributed by atoms with Crippen LogP contribution in [-0.2, 0) is 0 Å². The van der Waals surface area contributed by atoms with Crippen LogP contribution in [0.1, 0.15) is 11.1 Å². The lowest BCUT2D eigenvalue weighted by atomic mass is 10.1. The third kappa shape index (κ3) is 4.32. The second-order valence-electron chi connectivity index (χ2n) is 6.74. The van der Waals surface area contributed by atoms with E-state index in [2.05, 4.69) is 20.8 Å². The molecule has 0 aliphatic rings. The second kappa shape index (κ2) is 7.98. The van der Waals surface area contributed by atoms with Crippen LogP contribution in [0.4, 0.5) is 16.2 Å². The van der Waals surface area contributed by atoms with Gasteiger partial charge in [0.15, 0.2) is 0 Å². The molecule has 2 amide bonds. The molecular formula is C23H20N4O2. The average molecular weight is 384 g/mol. The fourth-order valence-corrected chi connectivity index (χ4v) is 2.88. The molecule has 0 aliphatic heterocycles. The Hall–Kier alpha value is -3.93. The number of aromatic nitrogens is 2. The second-order valence-corrected chi connectivity index (χ2v) is 6.74. The number of carbonyl (C=O) groups is 1. The smallest absolute Gasteiger partial charge is 0.323 e. The standard InChI is InChI=1S/C23H20N4O2/c1-15-11-12-20(13-16(15)2)25-23(28)24-19-10-6-9-18(14-19)22-27-26-21(29-22)17-7-4-3-5-8-17/h3-14H,1-2H3,(H2,24,25,28). The van der Waals surface area contributed by atoms with Gasteiger partial charge >= 0.3 is 6.03 Å². The number of benzene rings is 3. The number of anilines is 2. The van der Waals surface area contributed by atoms with Gasteiger partial charge in [-0.25, -0.2) is 4.79 Å². The quantitative estimate of drug-likeness (QED) is 0.475. The maximum Gasteiger partial charge on any atom is 0.323 e. The first kappa shape index (κ1) is 18.4. The Labute approximate surface area is 168 Å². The van der Waals surface area contributed by atoms with E-state index in [0.29, 0.717) is 17.5 Å². The predicted octanol–water partition coefficient (Wildman–Crippen LogP) is 5.66.